The summed E-state index contributed by atoms with van der Waals surface area (Å²) in [6.07, 6.45) is -0.598. The number of pyridine rings is 1. The van der Waals surface area contributed by atoms with Gasteiger partial charge in [-0.25, -0.2) is 9.78 Å². The van der Waals surface area contributed by atoms with Gasteiger partial charge in [0.15, 0.2) is 12.4 Å². The fourth-order valence-corrected chi connectivity index (χ4v) is 6.62. The highest BCUT2D eigenvalue weighted by molar-refractivity contribution is 7.99. The first-order valence-corrected chi connectivity index (χ1v) is 16.6. The number of aliphatic hydroxyl groups excluding tert-OH is 1. The summed E-state index contributed by atoms with van der Waals surface area (Å²) in [5, 5.41) is 22.4. The molecule has 1 amide bonds. The zero-order valence-corrected chi connectivity index (χ0v) is 27.7. The van der Waals surface area contributed by atoms with Crippen LogP contribution in [0.5, 0.6) is 0 Å². The van der Waals surface area contributed by atoms with Gasteiger partial charge in [-0.2, -0.15) is 0 Å². The number of carboxylic acid groups (broad SMARTS) is 1. The van der Waals surface area contributed by atoms with Crippen molar-refractivity contribution in [3.63, 3.8) is 0 Å². The molecule has 0 spiro atoms. The normalized spacial score (nSPS) is 19.7. The molecule has 5 rings (SSSR count). The van der Waals surface area contributed by atoms with E-state index in [4.69, 9.17) is 14.2 Å². The number of aromatic carboxylic acids is 1. The maximum absolute atomic E-state index is 12.3. The molecule has 10 nitrogen and oxygen atoms in total. The van der Waals surface area contributed by atoms with E-state index in [9.17, 15) is 24.6 Å². The third kappa shape index (κ3) is 8.67. The topological polar surface area (TPSA) is 144 Å². The molecule has 0 unspecified atom stereocenters. The molecule has 1 aliphatic rings. The molecular weight excluding hydrogens is 632 g/mol. The maximum atomic E-state index is 12.3. The van der Waals surface area contributed by atoms with Gasteiger partial charge < -0.3 is 29.7 Å². The van der Waals surface area contributed by atoms with Crippen LogP contribution in [-0.2, 0) is 37.0 Å². The Bertz CT molecular complexity index is 1730. The van der Waals surface area contributed by atoms with Crippen LogP contribution in [0.2, 0.25) is 0 Å². The molecule has 2 heterocycles. The fourth-order valence-electron chi connectivity index (χ4n) is 5.47. The zero-order chi connectivity index (χ0) is 34.2. The predicted molar refractivity (Wildman–Crippen MR) is 180 cm³/mol. The van der Waals surface area contributed by atoms with Crippen LogP contribution in [0.4, 0.5) is 0 Å². The maximum Gasteiger partial charge on any atom is 0.338 e. The summed E-state index contributed by atoms with van der Waals surface area (Å²) >= 11 is 1.34. The summed E-state index contributed by atoms with van der Waals surface area (Å²) in [5.41, 5.74) is 5.54. The predicted octanol–water partition coefficient (Wildman–Crippen LogP) is 6.09. The van der Waals surface area contributed by atoms with Crippen molar-refractivity contribution < 1.29 is 38.8 Å². The van der Waals surface area contributed by atoms with Crippen LogP contribution in [0.3, 0.4) is 0 Å². The van der Waals surface area contributed by atoms with Crippen LogP contribution in [0.15, 0.2) is 96.2 Å². The number of carbonyl (C=O) groups is 3. The highest BCUT2D eigenvalue weighted by atomic mass is 32.2. The number of nitrogens with zero attached hydrogens (tertiary/aromatic N) is 1. The molecule has 11 heteroatoms. The highest BCUT2D eigenvalue weighted by Crippen LogP contribution is 2.43. The van der Waals surface area contributed by atoms with Gasteiger partial charge in [-0.1, -0.05) is 73.7 Å². The number of ether oxygens (including phenoxy) is 3. The number of hydrogen-bond donors (Lipinski definition) is 3. The van der Waals surface area contributed by atoms with Crippen LogP contribution < -0.4 is 5.32 Å². The van der Waals surface area contributed by atoms with Crippen LogP contribution in [0.1, 0.15) is 65.8 Å². The minimum atomic E-state index is -1.03. The number of benzene rings is 3. The second-order valence-electron chi connectivity index (χ2n) is 11.6. The Morgan fingerprint density at radius 1 is 0.938 bits per heavy atom. The van der Waals surface area contributed by atoms with E-state index in [0.29, 0.717) is 10.8 Å². The summed E-state index contributed by atoms with van der Waals surface area (Å²) in [5.74, 6) is -1.53. The van der Waals surface area contributed by atoms with E-state index in [-0.39, 0.29) is 42.7 Å². The molecule has 0 aliphatic carbocycles. The standard InChI is InChI=1S/C37H38N2O8S/c1-22-32(21-48-35-31(36(43)44)8-5-17-38-35)46-37(47-33(22)28-11-9-25(20-40)10-12-28)29-15-13-27(14-16-29)30-7-4-6-26(18-30)19-39-34(42)23(2)45-24(3)41/h4-18,22-23,32-33,37,40H,19-21H2,1-3H3,(H,39,42)(H,43,44)/t22-,23+,32+,33+,37+/m1/s1. The van der Waals surface area contributed by atoms with E-state index in [2.05, 4.69) is 17.2 Å². The minimum absolute atomic E-state index is 0.0540. The first-order chi connectivity index (χ1) is 23.1. The number of thioether (sulfide) groups is 1. The van der Waals surface area contributed by atoms with Crippen LogP contribution in [-0.4, -0.2) is 51.0 Å². The molecule has 1 aromatic heterocycles. The number of aromatic nitrogens is 1. The number of carbonyl (C=O) groups excluding carboxylic acids is 2. The van der Waals surface area contributed by atoms with E-state index in [1.807, 2.05) is 72.8 Å². The summed E-state index contributed by atoms with van der Waals surface area (Å²) in [6.45, 7) is 5.08. The van der Waals surface area contributed by atoms with Crippen molar-refractivity contribution in [3.05, 3.63) is 119 Å². The van der Waals surface area contributed by atoms with Crippen molar-refractivity contribution in [1.29, 1.82) is 0 Å². The van der Waals surface area contributed by atoms with Crippen LogP contribution in [0.25, 0.3) is 11.1 Å². The first kappa shape index (κ1) is 34.8. The molecule has 3 aromatic carbocycles. The van der Waals surface area contributed by atoms with Gasteiger partial charge in [0, 0.05) is 36.9 Å². The summed E-state index contributed by atoms with van der Waals surface area (Å²) < 4.78 is 18.1. The number of esters is 1. The molecule has 0 radical (unpaired) electrons. The Morgan fingerprint density at radius 3 is 2.35 bits per heavy atom. The fraction of sp³-hybridized carbons (Fsp3) is 0.297. The molecule has 48 heavy (non-hydrogen) atoms. The van der Waals surface area contributed by atoms with E-state index in [1.54, 1.807) is 18.3 Å². The lowest BCUT2D eigenvalue weighted by Crippen LogP contribution is -2.38. The van der Waals surface area contributed by atoms with Crippen molar-refractivity contribution in [2.75, 3.05) is 5.75 Å². The number of hydrogen-bond acceptors (Lipinski definition) is 9. The van der Waals surface area contributed by atoms with E-state index in [0.717, 1.165) is 33.4 Å². The monoisotopic (exact) mass is 670 g/mol. The molecule has 1 aliphatic heterocycles. The van der Waals surface area contributed by atoms with Gasteiger partial charge in [0.25, 0.3) is 5.91 Å². The molecule has 5 atom stereocenters. The average Bonchev–Trinajstić information content (AvgIpc) is 3.10. The Labute approximate surface area is 283 Å². The van der Waals surface area contributed by atoms with Crippen LogP contribution in [0, 0.1) is 5.92 Å². The van der Waals surface area contributed by atoms with Gasteiger partial charge in [-0.15, -0.1) is 11.8 Å². The second kappa shape index (κ2) is 16.0. The largest absolute Gasteiger partial charge is 0.478 e. The number of aliphatic hydroxyl groups is 1. The number of rotatable bonds is 12. The highest BCUT2D eigenvalue weighted by Gasteiger charge is 2.38. The number of amides is 1. The SMILES string of the molecule is CC(=O)O[C@@H](C)C(=O)NCc1cccc(-c2ccc([C@H]3O[C@@H](CSc4ncccc4C(=O)O)[C@@H](C)[C@@H](c4ccc(CO)cc4)O3)cc2)c1. The minimum Gasteiger partial charge on any atom is -0.478 e. The molecular formula is C37H38N2O8S. The second-order valence-corrected chi connectivity index (χ2v) is 12.6. The average molecular weight is 671 g/mol. The molecule has 1 saturated heterocycles. The Balaban J connectivity index is 1.33. The zero-order valence-electron chi connectivity index (χ0n) is 26.9. The summed E-state index contributed by atoms with van der Waals surface area (Å²) in [6, 6.07) is 26.5. The Morgan fingerprint density at radius 2 is 1.67 bits per heavy atom. The lowest BCUT2D eigenvalue weighted by Gasteiger charge is -2.41. The lowest BCUT2D eigenvalue weighted by molar-refractivity contribution is -0.268. The van der Waals surface area contributed by atoms with Gasteiger partial charge in [0.05, 0.1) is 24.4 Å². The summed E-state index contributed by atoms with van der Waals surface area (Å²) in [7, 11) is 0. The Hall–Kier alpha value is -4.55. The van der Waals surface area contributed by atoms with Gasteiger partial charge in [-0.3, -0.25) is 9.59 Å². The molecule has 1 fully saturated rings. The molecule has 4 aromatic rings. The van der Waals surface area contributed by atoms with Crippen molar-refractivity contribution in [2.24, 2.45) is 5.92 Å². The van der Waals surface area contributed by atoms with Crippen molar-refractivity contribution in [1.82, 2.24) is 10.3 Å². The first-order valence-electron chi connectivity index (χ1n) is 15.6. The molecule has 0 bridgehead atoms. The molecule has 250 valence electrons. The van der Waals surface area contributed by atoms with Crippen molar-refractivity contribution in [2.45, 2.75) is 63.6 Å². The Kier molecular flexibility index (Phi) is 11.6. The van der Waals surface area contributed by atoms with E-state index in [1.165, 1.54) is 25.6 Å². The van der Waals surface area contributed by atoms with E-state index < -0.39 is 24.3 Å². The quantitative estimate of drug-likeness (QED) is 0.120. The molecule has 0 saturated carbocycles. The van der Waals surface area contributed by atoms with Gasteiger partial charge in [0.2, 0.25) is 0 Å². The van der Waals surface area contributed by atoms with Gasteiger partial charge in [-0.05, 0) is 52.9 Å². The third-order valence-electron chi connectivity index (χ3n) is 8.13. The van der Waals surface area contributed by atoms with E-state index >= 15 is 0 Å². The number of nitrogens with one attached hydrogen (secondary N) is 1. The number of carboxylic acids is 1. The van der Waals surface area contributed by atoms with Gasteiger partial charge >= 0.3 is 11.9 Å². The smallest absolute Gasteiger partial charge is 0.338 e. The van der Waals surface area contributed by atoms with Crippen molar-refractivity contribution >= 4 is 29.6 Å². The molecule has 3 N–H and O–H groups in total. The van der Waals surface area contributed by atoms with Crippen molar-refractivity contribution in [3.8, 4) is 11.1 Å². The van der Waals surface area contributed by atoms with Crippen LogP contribution >= 0.6 is 11.8 Å². The summed E-state index contributed by atoms with van der Waals surface area (Å²) in [4.78, 5) is 39.5. The van der Waals surface area contributed by atoms with Gasteiger partial charge in [0.1, 0.15) is 5.03 Å². The lowest BCUT2D eigenvalue weighted by atomic mass is 9.91. The third-order valence-corrected chi connectivity index (χ3v) is 9.23.